The van der Waals surface area contributed by atoms with Crippen molar-refractivity contribution in [3.8, 4) is 0 Å². The minimum atomic E-state index is -1.30. The number of hydrogen-bond acceptors (Lipinski definition) is 7. The van der Waals surface area contributed by atoms with Gasteiger partial charge < -0.3 is 21.1 Å². The zero-order valence-corrected chi connectivity index (χ0v) is 14.8. The molecule has 0 bridgehead atoms. The average Bonchev–Trinajstić information content (AvgIpc) is 3.07. The zero-order chi connectivity index (χ0) is 18.9. The van der Waals surface area contributed by atoms with E-state index in [1.54, 1.807) is 0 Å². The maximum Gasteiger partial charge on any atom is 0.451 e. The molecule has 9 nitrogen and oxygen atoms in total. The molecule has 10 heteroatoms. The van der Waals surface area contributed by atoms with E-state index in [0.29, 0.717) is 31.4 Å². The lowest BCUT2D eigenvalue weighted by Crippen LogP contribution is -2.31. The molecule has 0 saturated carbocycles. The summed E-state index contributed by atoms with van der Waals surface area (Å²) in [5.41, 5.74) is 7.12. The number of carbonyl (C=O) groups is 1. The van der Waals surface area contributed by atoms with Gasteiger partial charge in [-0.25, -0.2) is 4.68 Å². The van der Waals surface area contributed by atoms with Gasteiger partial charge in [-0.15, -0.1) is 5.10 Å². The van der Waals surface area contributed by atoms with E-state index in [0.717, 1.165) is 5.56 Å². The Kier molecular flexibility index (Phi) is 7.70. The number of carbonyl (C=O) groups excluding carboxylic acids is 1. The summed E-state index contributed by atoms with van der Waals surface area (Å²) in [6.45, 7) is 1.90. The fourth-order valence-corrected chi connectivity index (χ4v) is 2.66. The number of nitrogens with zero attached hydrogens (tertiary/aromatic N) is 4. The van der Waals surface area contributed by atoms with Gasteiger partial charge in [-0.2, -0.15) is 0 Å². The first-order valence-electron chi connectivity index (χ1n) is 8.69. The molecule has 1 unspecified atom stereocenters. The lowest BCUT2D eigenvalue weighted by molar-refractivity contribution is -0.122. The van der Waals surface area contributed by atoms with Crippen LogP contribution < -0.4 is 11.1 Å². The Bertz CT molecular complexity index is 682. The second kappa shape index (κ2) is 10.0. The molecule has 26 heavy (non-hydrogen) atoms. The van der Waals surface area contributed by atoms with Crippen LogP contribution in [0.2, 0.25) is 6.32 Å². The van der Waals surface area contributed by atoms with Crippen molar-refractivity contribution >= 4 is 13.0 Å². The van der Waals surface area contributed by atoms with Crippen LogP contribution in [-0.4, -0.2) is 43.3 Å². The van der Waals surface area contributed by atoms with Gasteiger partial charge in [0.05, 0.1) is 12.1 Å². The van der Waals surface area contributed by atoms with E-state index in [-0.39, 0.29) is 18.5 Å². The predicted molar refractivity (Wildman–Crippen MR) is 96.6 cm³/mol. The van der Waals surface area contributed by atoms with Crippen LogP contribution in [0.15, 0.2) is 30.3 Å². The predicted octanol–water partition coefficient (Wildman–Crippen LogP) is 0.193. The van der Waals surface area contributed by atoms with Crippen molar-refractivity contribution < 1.29 is 14.8 Å². The number of amides is 1. The van der Waals surface area contributed by atoms with Crippen molar-refractivity contribution in [1.82, 2.24) is 25.5 Å². The van der Waals surface area contributed by atoms with E-state index in [2.05, 4.69) is 20.8 Å². The van der Waals surface area contributed by atoms with Crippen molar-refractivity contribution in [3.63, 3.8) is 0 Å². The van der Waals surface area contributed by atoms with E-state index in [4.69, 9.17) is 15.8 Å². The van der Waals surface area contributed by atoms with Gasteiger partial charge in [-0.3, -0.25) is 4.79 Å². The summed E-state index contributed by atoms with van der Waals surface area (Å²) in [6.07, 6.45) is 2.25. The van der Waals surface area contributed by atoms with Crippen molar-refractivity contribution in [2.24, 2.45) is 5.73 Å². The summed E-state index contributed by atoms with van der Waals surface area (Å²) in [7, 11) is -1.30. The molecule has 2 rings (SSSR count). The molecule has 1 amide bonds. The third-order valence-corrected chi connectivity index (χ3v) is 4.09. The molecule has 2 aromatic rings. The van der Waals surface area contributed by atoms with Crippen LogP contribution in [-0.2, 0) is 11.3 Å². The van der Waals surface area contributed by atoms with Gasteiger partial charge in [0.15, 0.2) is 5.82 Å². The summed E-state index contributed by atoms with van der Waals surface area (Å²) < 4.78 is 1.40. The summed E-state index contributed by atoms with van der Waals surface area (Å²) in [6, 6.07) is 9.13. The summed E-state index contributed by atoms with van der Waals surface area (Å²) in [5.74, 6) is 0.238. The first kappa shape index (κ1) is 20.0. The fraction of sp³-hybridized carbons (Fsp3) is 0.500. The Morgan fingerprint density at radius 2 is 2.04 bits per heavy atom. The molecule has 0 aliphatic heterocycles. The van der Waals surface area contributed by atoms with Crippen LogP contribution in [0.25, 0.3) is 0 Å². The molecule has 2 atom stereocenters. The van der Waals surface area contributed by atoms with Crippen LogP contribution in [0.4, 0.5) is 0 Å². The van der Waals surface area contributed by atoms with Gasteiger partial charge in [0.2, 0.25) is 5.91 Å². The lowest BCUT2D eigenvalue weighted by Gasteiger charge is -2.15. The number of hydrogen-bond donors (Lipinski definition) is 4. The van der Waals surface area contributed by atoms with Crippen LogP contribution >= 0.6 is 0 Å². The maximum absolute atomic E-state index is 12.3. The number of tetrazole rings is 1. The first-order valence-corrected chi connectivity index (χ1v) is 8.69. The van der Waals surface area contributed by atoms with Crippen molar-refractivity contribution in [2.45, 2.75) is 51.1 Å². The standard InChI is InChI=1S/C16H25BN6O3/c1-12(13-7-3-2-4-8-13)19-15(24)11-23-16(20-21-22-23)14(18)9-5-6-10-17(25)26/h2-4,7-8,12,14,25-26H,5-6,9-11,18H2,1H3,(H,19,24)/t12-,14?/m1/s1. The van der Waals surface area contributed by atoms with Crippen LogP contribution in [0.1, 0.15) is 49.7 Å². The minimum Gasteiger partial charge on any atom is -0.427 e. The molecular weight excluding hydrogens is 335 g/mol. The molecule has 0 radical (unpaired) electrons. The maximum atomic E-state index is 12.3. The first-order chi connectivity index (χ1) is 12.5. The Hall–Kier alpha value is -2.30. The molecule has 1 aromatic heterocycles. The molecule has 0 aliphatic carbocycles. The number of aromatic nitrogens is 4. The van der Waals surface area contributed by atoms with E-state index in [1.165, 1.54) is 4.68 Å². The molecule has 0 saturated heterocycles. The highest BCUT2D eigenvalue weighted by Gasteiger charge is 2.18. The molecule has 140 valence electrons. The highest BCUT2D eigenvalue weighted by atomic mass is 16.4. The van der Waals surface area contributed by atoms with Gasteiger partial charge in [-0.05, 0) is 35.7 Å². The van der Waals surface area contributed by atoms with Gasteiger partial charge in [0, 0.05) is 0 Å². The van der Waals surface area contributed by atoms with Gasteiger partial charge in [0.25, 0.3) is 0 Å². The summed E-state index contributed by atoms with van der Waals surface area (Å²) in [4.78, 5) is 12.3. The molecular formula is C16H25BN6O3. The quantitative estimate of drug-likeness (QED) is 0.350. The largest absolute Gasteiger partial charge is 0.451 e. The topological polar surface area (TPSA) is 139 Å². The van der Waals surface area contributed by atoms with E-state index >= 15 is 0 Å². The van der Waals surface area contributed by atoms with E-state index < -0.39 is 13.2 Å². The molecule has 0 fully saturated rings. The average molecular weight is 360 g/mol. The molecule has 5 N–H and O–H groups in total. The number of benzene rings is 1. The molecule has 0 aliphatic rings. The third kappa shape index (κ3) is 6.21. The van der Waals surface area contributed by atoms with E-state index in [1.807, 2.05) is 37.3 Å². The highest BCUT2D eigenvalue weighted by molar-refractivity contribution is 6.40. The van der Waals surface area contributed by atoms with Gasteiger partial charge >= 0.3 is 7.12 Å². The van der Waals surface area contributed by atoms with Crippen molar-refractivity contribution in [3.05, 3.63) is 41.7 Å². The van der Waals surface area contributed by atoms with Crippen molar-refractivity contribution in [1.29, 1.82) is 0 Å². The van der Waals surface area contributed by atoms with Gasteiger partial charge in [0.1, 0.15) is 6.54 Å². The fourth-order valence-electron chi connectivity index (χ4n) is 2.66. The number of nitrogens with two attached hydrogens (primary N) is 1. The lowest BCUT2D eigenvalue weighted by atomic mass is 9.83. The minimum absolute atomic E-state index is 0.0113. The summed E-state index contributed by atoms with van der Waals surface area (Å²) in [5, 5.41) is 32.0. The Morgan fingerprint density at radius 1 is 1.31 bits per heavy atom. The summed E-state index contributed by atoms with van der Waals surface area (Å²) >= 11 is 0. The highest BCUT2D eigenvalue weighted by Crippen LogP contribution is 2.15. The number of rotatable bonds is 10. The number of nitrogens with one attached hydrogen (secondary N) is 1. The monoisotopic (exact) mass is 360 g/mol. The molecule has 0 spiro atoms. The Labute approximate surface area is 152 Å². The third-order valence-electron chi connectivity index (χ3n) is 4.09. The van der Waals surface area contributed by atoms with Crippen molar-refractivity contribution in [2.75, 3.05) is 0 Å². The van der Waals surface area contributed by atoms with Crippen LogP contribution in [0.5, 0.6) is 0 Å². The van der Waals surface area contributed by atoms with Crippen LogP contribution in [0.3, 0.4) is 0 Å². The molecule has 1 aromatic carbocycles. The number of unbranched alkanes of at least 4 members (excludes halogenated alkanes) is 1. The second-order valence-corrected chi connectivity index (χ2v) is 6.27. The van der Waals surface area contributed by atoms with E-state index in [9.17, 15) is 4.79 Å². The van der Waals surface area contributed by atoms with Crippen LogP contribution in [0, 0.1) is 0 Å². The SMILES string of the molecule is C[C@@H](NC(=O)Cn1nnnc1C(N)CCCCB(O)O)c1ccccc1. The Morgan fingerprint density at radius 3 is 2.73 bits per heavy atom. The van der Waals surface area contributed by atoms with Gasteiger partial charge in [-0.1, -0.05) is 43.2 Å². The Balaban J connectivity index is 1.86. The second-order valence-electron chi connectivity index (χ2n) is 6.27. The molecule has 1 heterocycles. The smallest absolute Gasteiger partial charge is 0.427 e. The normalized spacial score (nSPS) is 13.2. The zero-order valence-electron chi connectivity index (χ0n) is 14.8.